The molecule has 0 radical (unpaired) electrons. The second-order valence-electron chi connectivity index (χ2n) is 7.71. The number of aliphatic hydroxyl groups excluding tert-OH is 1. The van der Waals surface area contributed by atoms with Crippen LogP contribution in [0, 0.1) is 0 Å². The summed E-state index contributed by atoms with van der Waals surface area (Å²) in [5.74, 6) is -1.58. The highest BCUT2D eigenvalue weighted by Gasteiger charge is 2.44. The van der Waals surface area contributed by atoms with E-state index in [0.29, 0.717) is 27.3 Å². The van der Waals surface area contributed by atoms with Crippen molar-refractivity contribution in [3.05, 3.63) is 100 Å². The summed E-state index contributed by atoms with van der Waals surface area (Å²) in [6, 6.07) is 10.9. The number of hydrogen-bond acceptors (Lipinski definition) is 7. The third kappa shape index (κ3) is 3.68. The molecule has 8 nitrogen and oxygen atoms in total. The Kier molecular flexibility index (Phi) is 5.51. The zero-order valence-electron chi connectivity index (χ0n) is 17.9. The van der Waals surface area contributed by atoms with Gasteiger partial charge in [0.15, 0.2) is 22.9 Å². The molecule has 4 heterocycles. The third-order valence-electron chi connectivity index (χ3n) is 5.64. The lowest BCUT2D eigenvalue weighted by molar-refractivity contribution is -0.130. The number of halogens is 1. The molecule has 34 heavy (non-hydrogen) atoms. The number of amides is 1. The highest BCUT2D eigenvalue weighted by atomic mass is 35.5. The van der Waals surface area contributed by atoms with Crippen LogP contribution in [0.4, 0.5) is 0 Å². The van der Waals surface area contributed by atoms with Gasteiger partial charge in [-0.15, -0.1) is 0 Å². The normalized spacial score (nSPS) is 15.9. The molecule has 0 bridgehead atoms. The van der Waals surface area contributed by atoms with E-state index in [1.165, 1.54) is 18.1 Å². The molecule has 0 fully saturated rings. The second kappa shape index (κ2) is 8.64. The molecule has 1 unspecified atom stereocenters. The molecule has 9 heteroatoms. The third-order valence-corrected chi connectivity index (χ3v) is 5.85. The van der Waals surface area contributed by atoms with E-state index in [4.69, 9.17) is 20.8 Å². The zero-order valence-corrected chi connectivity index (χ0v) is 18.7. The van der Waals surface area contributed by atoms with Crippen LogP contribution in [0.1, 0.15) is 27.7 Å². The number of aliphatic hydroxyl groups is 1. The summed E-state index contributed by atoms with van der Waals surface area (Å²) in [6.07, 6.45) is 6.38. The highest BCUT2D eigenvalue weighted by molar-refractivity contribution is 6.31. The number of carbonyl (C=O) groups is 2. The summed E-state index contributed by atoms with van der Waals surface area (Å²) in [5.41, 5.74) is 1.63. The quantitative estimate of drug-likeness (QED) is 0.404. The summed E-state index contributed by atoms with van der Waals surface area (Å²) >= 11 is 6.14. The number of nitrogens with zero attached hydrogens (tertiary/aromatic N) is 3. The Morgan fingerprint density at radius 2 is 1.97 bits per heavy atom. The first-order valence-corrected chi connectivity index (χ1v) is 10.7. The molecule has 0 spiro atoms. The molecule has 3 aromatic heterocycles. The molecule has 1 aliphatic heterocycles. The van der Waals surface area contributed by atoms with E-state index in [0.717, 1.165) is 5.56 Å². The lowest BCUT2D eigenvalue weighted by Crippen LogP contribution is -2.30. The number of ketones is 1. The molecule has 1 amide bonds. The molecule has 4 aromatic rings. The van der Waals surface area contributed by atoms with Crippen LogP contribution in [0.5, 0.6) is 5.75 Å². The number of pyridine rings is 2. The number of fused-ring (bicyclic) bond motifs is 1. The predicted octanol–water partition coefficient (Wildman–Crippen LogP) is 4.66. The van der Waals surface area contributed by atoms with Gasteiger partial charge in [0.05, 0.1) is 18.7 Å². The fourth-order valence-electron chi connectivity index (χ4n) is 4.11. The van der Waals surface area contributed by atoms with Crippen LogP contribution < -0.4 is 4.74 Å². The van der Waals surface area contributed by atoms with E-state index in [1.807, 2.05) is 6.07 Å². The number of furan rings is 1. The van der Waals surface area contributed by atoms with Crippen molar-refractivity contribution in [2.24, 2.45) is 0 Å². The van der Waals surface area contributed by atoms with Gasteiger partial charge in [-0.25, -0.2) is 0 Å². The summed E-state index contributed by atoms with van der Waals surface area (Å²) in [5, 5.41) is 11.8. The number of carbonyl (C=O) groups excluding carboxylic acids is 2. The van der Waals surface area contributed by atoms with Crippen molar-refractivity contribution in [2.45, 2.75) is 12.6 Å². The molecule has 1 N–H and O–H groups in total. The Bertz CT molecular complexity index is 1430. The van der Waals surface area contributed by atoms with Gasteiger partial charge in [-0.2, -0.15) is 0 Å². The van der Waals surface area contributed by atoms with Crippen LogP contribution in [-0.4, -0.2) is 38.8 Å². The van der Waals surface area contributed by atoms with Crippen LogP contribution in [-0.2, 0) is 11.3 Å². The first-order valence-electron chi connectivity index (χ1n) is 10.3. The molecule has 1 atom stereocenters. The van der Waals surface area contributed by atoms with Gasteiger partial charge in [-0.05, 0) is 41.5 Å². The van der Waals surface area contributed by atoms with Crippen molar-refractivity contribution >= 4 is 34.3 Å². The topological polar surface area (TPSA) is 106 Å². The zero-order chi connectivity index (χ0) is 23.8. The Balaban J connectivity index is 1.60. The van der Waals surface area contributed by atoms with Crippen molar-refractivity contribution in [2.75, 3.05) is 7.11 Å². The van der Waals surface area contributed by atoms with E-state index in [-0.39, 0.29) is 17.9 Å². The van der Waals surface area contributed by atoms with E-state index in [2.05, 4.69) is 9.97 Å². The Morgan fingerprint density at radius 3 is 2.68 bits per heavy atom. The van der Waals surface area contributed by atoms with E-state index < -0.39 is 23.5 Å². The minimum Gasteiger partial charge on any atom is -0.503 e. The smallest absolute Gasteiger partial charge is 0.290 e. The van der Waals surface area contributed by atoms with Gasteiger partial charge in [-0.1, -0.05) is 17.7 Å². The SMILES string of the molecule is COc1cc(Cl)cc2cc(C(=O)C3=C(O)C(=O)N(Cc4cccnc4)C3c3ccncc3)oc12. The summed E-state index contributed by atoms with van der Waals surface area (Å²) in [6.45, 7) is 0.143. The molecule has 0 saturated heterocycles. The molecule has 0 saturated carbocycles. The van der Waals surface area contributed by atoms with E-state index >= 15 is 0 Å². The van der Waals surface area contributed by atoms with Crippen molar-refractivity contribution in [1.29, 1.82) is 0 Å². The largest absolute Gasteiger partial charge is 0.503 e. The summed E-state index contributed by atoms with van der Waals surface area (Å²) < 4.78 is 11.1. The van der Waals surface area contributed by atoms with Crippen LogP contribution in [0.15, 0.2) is 83.0 Å². The average molecular weight is 476 g/mol. The van der Waals surface area contributed by atoms with Crippen molar-refractivity contribution in [3.63, 3.8) is 0 Å². The number of Topliss-reactive ketones (excluding diaryl/α,β-unsaturated/α-hetero) is 1. The lowest BCUT2D eigenvalue weighted by atomic mass is 9.95. The maximum atomic E-state index is 13.6. The fourth-order valence-corrected chi connectivity index (χ4v) is 4.33. The van der Waals surface area contributed by atoms with E-state index in [9.17, 15) is 14.7 Å². The van der Waals surface area contributed by atoms with Gasteiger partial charge in [0, 0.05) is 47.8 Å². The number of aromatic nitrogens is 2. The standard InChI is InChI=1S/C25H18ClN3O5/c1-33-19-11-17(26)9-16-10-18(34-24(16)19)22(30)20-21(15-4-7-27-8-5-15)29(25(32)23(20)31)13-14-3-2-6-28-12-14/h2-12,21,31H,13H2,1H3. The number of hydrogen-bond donors (Lipinski definition) is 1. The minimum absolute atomic E-state index is 0.0489. The molecule has 5 rings (SSSR count). The van der Waals surface area contributed by atoms with Crippen LogP contribution in [0.25, 0.3) is 11.0 Å². The van der Waals surface area contributed by atoms with Crippen LogP contribution in [0.3, 0.4) is 0 Å². The number of ether oxygens (including phenoxy) is 1. The summed E-state index contributed by atoms with van der Waals surface area (Å²) in [4.78, 5) is 36.3. The number of benzene rings is 1. The molecule has 1 aromatic carbocycles. The fraction of sp³-hybridized carbons (Fsp3) is 0.120. The molecule has 0 aliphatic carbocycles. The highest BCUT2D eigenvalue weighted by Crippen LogP contribution is 2.41. The van der Waals surface area contributed by atoms with Crippen LogP contribution in [0.2, 0.25) is 5.02 Å². The predicted molar refractivity (Wildman–Crippen MR) is 124 cm³/mol. The Labute approximate surface area is 199 Å². The van der Waals surface area contributed by atoms with Gasteiger partial charge in [0.25, 0.3) is 5.91 Å². The van der Waals surface area contributed by atoms with E-state index in [1.54, 1.807) is 55.1 Å². The second-order valence-corrected chi connectivity index (χ2v) is 8.14. The Morgan fingerprint density at radius 1 is 1.18 bits per heavy atom. The first kappa shape index (κ1) is 21.7. The number of rotatable bonds is 6. The minimum atomic E-state index is -0.845. The first-order chi connectivity index (χ1) is 16.5. The maximum Gasteiger partial charge on any atom is 0.290 e. The van der Waals surface area contributed by atoms with Gasteiger partial charge in [0.2, 0.25) is 5.78 Å². The molecular formula is C25H18ClN3O5. The average Bonchev–Trinajstić information content (AvgIpc) is 3.39. The van der Waals surface area contributed by atoms with Crippen molar-refractivity contribution in [1.82, 2.24) is 14.9 Å². The van der Waals surface area contributed by atoms with Gasteiger partial charge >= 0.3 is 0 Å². The molecular weight excluding hydrogens is 458 g/mol. The van der Waals surface area contributed by atoms with Crippen molar-refractivity contribution in [3.8, 4) is 5.75 Å². The number of methoxy groups -OCH3 is 1. The maximum absolute atomic E-state index is 13.6. The lowest BCUT2D eigenvalue weighted by Gasteiger charge is -2.26. The Hall–Kier alpha value is -4.17. The molecule has 1 aliphatic rings. The van der Waals surface area contributed by atoms with Crippen molar-refractivity contribution < 1.29 is 23.8 Å². The van der Waals surface area contributed by atoms with Gasteiger partial charge in [0.1, 0.15) is 0 Å². The molecule has 170 valence electrons. The summed E-state index contributed by atoms with van der Waals surface area (Å²) in [7, 11) is 1.47. The van der Waals surface area contributed by atoms with Crippen LogP contribution >= 0.6 is 11.6 Å². The van der Waals surface area contributed by atoms with Gasteiger partial charge < -0.3 is 19.2 Å². The monoisotopic (exact) mass is 475 g/mol. The van der Waals surface area contributed by atoms with Gasteiger partial charge in [-0.3, -0.25) is 19.6 Å².